The van der Waals surface area contributed by atoms with E-state index in [9.17, 15) is 19.2 Å². The lowest BCUT2D eigenvalue weighted by Crippen LogP contribution is -2.45. The Balaban J connectivity index is 0.000000863. The first-order chi connectivity index (χ1) is 32.9. The summed E-state index contributed by atoms with van der Waals surface area (Å²) in [4.78, 5) is 45.1. The van der Waals surface area contributed by atoms with E-state index in [-0.39, 0.29) is 50.5 Å². The first-order valence-electron chi connectivity index (χ1n) is 25.1. The highest BCUT2D eigenvalue weighted by Crippen LogP contribution is 2.37. The van der Waals surface area contributed by atoms with Gasteiger partial charge in [0.1, 0.15) is 11.5 Å². The molecule has 0 atom stereocenters. The third kappa shape index (κ3) is 24.3. The number of rotatable bonds is 2. The predicted molar refractivity (Wildman–Crippen MR) is 317 cm³/mol. The van der Waals surface area contributed by atoms with Crippen molar-refractivity contribution in [2.45, 2.75) is 169 Å². The number of carbonyl (C=O) groups is 4. The van der Waals surface area contributed by atoms with Crippen molar-refractivity contribution in [2.24, 2.45) is 21.7 Å². The number of imide groups is 1. The molecule has 2 amide bonds. The highest BCUT2D eigenvalue weighted by atomic mass is 16.5. The number of allylic oxidation sites excluding steroid dienone is 4. The van der Waals surface area contributed by atoms with Crippen LogP contribution in [-0.4, -0.2) is 33.8 Å². The summed E-state index contributed by atoms with van der Waals surface area (Å²) in [6, 6.07) is 26.0. The fraction of sp³-hybridized carbons (Fsp3) is 0.433. The van der Waals surface area contributed by atoms with Gasteiger partial charge in [-0.15, -0.1) is 18.9 Å². The van der Waals surface area contributed by atoms with E-state index in [2.05, 4.69) is 167 Å². The zero-order valence-electron chi connectivity index (χ0n) is 49.3. The van der Waals surface area contributed by atoms with Crippen molar-refractivity contribution in [1.82, 2.24) is 4.90 Å². The van der Waals surface area contributed by atoms with Crippen molar-refractivity contribution < 1.29 is 23.9 Å². The topological polar surface area (TPSA) is 80.8 Å². The highest BCUT2D eigenvalue weighted by Gasteiger charge is 2.33. The number of fused-ring (bicyclic) bond motifs is 3. The normalized spacial score (nSPS) is 13.1. The molecule has 0 unspecified atom stereocenters. The molecule has 6 heteroatoms. The van der Waals surface area contributed by atoms with Gasteiger partial charge in [-0.3, -0.25) is 24.1 Å². The molecule has 0 saturated carbocycles. The van der Waals surface area contributed by atoms with Gasteiger partial charge in [0.2, 0.25) is 0 Å². The monoisotopic (exact) mass is 992 g/mol. The Labute approximate surface area is 443 Å². The first kappa shape index (κ1) is 66.7. The predicted octanol–water partition coefficient (Wildman–Crippen LogP) is 17.8. The fourth-order valence-corrected chi connectivity index (χ4v) is 6.41. The number of ether oxygens (including phenoxy) is 1. The van der Waals surface area contributed by atoms with Crippen LogP contribution in [-0.2, 0) is 30.0 Å². The number of benzene rings is 4. The number of amides is 2. The zero-order chi connectivity index (χ0) is 57.3. The molecule has 0 bridgehead atoms. The SMILES string of the molecule is C#CC(C)(C)C.C=C(C)C(=O)C(C)(C)C.C=C1C=Cc2ccc(C(C)(C)C)cc2O1.C=CC(=O)C(C)(C)C.C=CC(C)(C)C.CC(C)(C)N1C(=O)C=CC1=O.CC(C)(C)c1c2ccccc2cc2ccccc12. The number of ketones is 2. The second kappa shape index (κ2) is 27.1. The van der Waals surface area contributed by atoms with Crippen molar-refractivity contribution in [3.8, 4) is 18.1 Å². The van der Waals surface area contributed by atoms with Gasteiger partial charge in [-0.25, -0.2) is 0 Å². The van der Waals surface area contributed by atoms with Crippen LogP contribution in [0.1, 0.15) is 169 Å². The zero-order valence-corrected chi connectivity index (χ0v) is 49.3. The maximum Gasteiger partial charge on any atom is 0.254 e. The average Bonchev–Trinajstić information content (AvgIpc) is 3.61. The highest BCUT2D eigenvalue weighted by molar-refractivity contribution is 6.13. The van der Waals surface area contributed by atoms with Crippen LogP contribution in [0.15, 0.2) is 141 Å². The minimum absolute atomic E-state index is 0.0694. The van der Waals surface area contributed by atoms with Crippen molar-refractivity contribution in [2.75, 3.05) is 0 Å². The lowest BCUT2D eigenvalue weighted by atomic mass is 9.80. The number of Topliss-reactive ketones (excluding diaryl/α,β-unsaturated/α-hetero) is 1. The van der Waals surface area contributed by atoms with Crippen LogP contribution in [0.4, 0.5) is 0 Å². The maximum absolute atomic E-state index is 11.1. The Hall–Kier alpha value is -6.32. The van der Waals surface area contributed by atoms with E-state index in [0.717, 1.165) is 11.3 Å². The van der Waals surface area contributed by atoms with E-state index >= 15 is 0 Å². The summed E-state index contributed by atoms with van der Waals surface area (Å²) in [5.41, 5.74) is 4.27. The largest absolute Gasteiger partial charge is 0.457 e. The Morgan fingerprint density at radius 1 is 0.616 bits per heavy atom. The molecule has 2 aliphatic rings. The van der Waals surface area contributed by atoms with E-state index in [4.69, 9.17) is 11.2 Å². The molecule has 2 aliphatic heterocycles. The van der Waals surface area contributed by atoms with Gasteiger partial charge in [0.15, 0.2) is 11.6 Å². The Morgan fingerprint density at radius 3 is 1.32 bits per heavy atom. The molecular weight excluding hydrogens is 899 g/mol. The van der Waals surface area contributed by atoms with Crippen molar-refractivity contribution in [3.05, 3.63) is 158 Å². The van der Waals surface area contributed by atoms with E-state index in [1.54, 1.807) is 6.92 Å². The summed E-state index contributed by atoms with van der Waals surface area (Å²) in [6.07, 6.45) is 14.9. The number of hydrogen-bond donors (Lipinski definition) is 0. The van der Waals surface area contributed by atoms with Crippen molar-refractivity contribution >= 4 is 51.0 Å². The number of carbonyl (C=O) groups excluding carboxylic acids is 4. The third-order valence-corrected chi connectivity index (χ3v) is 10.6. The molecule has 0 radical (unpaired) electrons. The van der Waals surface area contributed by atoms with Crippen molar-refractivity contribution in [3.63, 3.8) is 0 Å². The van der Waals surface area contributed by atoms with Gasteiger partial charge >= 0.3 is 0 Å². The lowest BCUT2D eigenvalue weighted by molar-refractivity contribution is -0.142. The lowest BCUT2D eigenvalue weighted by Gasteiger charge is -2.29. The summed E-state index contributed by atoms with van der Waals surface area (Å²) in [5.74, 6) is 4.01. The summed E-state index contributed by atoms with van der Waals surface area (Å²) in [6.45, 7) is 58.8. The van der Waals surface area contributed by atoms with Crippen LogP contribution in [0, 0.1) is 34.0 Å². The molecule has 4 aromatic carbocycles. The summed E-state index contributed by atoms with van der Waals surface area (Å²) < 4.78 is 5.59. The Kier molecular flexibility index (Phi) is 24.8. The first-order valence-corrected chi connectivity index (χ1v) is 25.1. The van der Waals surface area contributed by atoms with Crippen LogP contribution < -0.4 is 4.74 Å². The minimum atomic E-state index is -0.405. The van der Waals surface area contributed by atoms with E-state index in [1.165, 1.54) is 55.8 Å². The Morgan fingerprint density at radius 2 is 1.04 bits per heavy atom. The van der Waals surface area contributed by atoms with Crippen LogP contribution >= 0.6 is 0 Å². The van der Waals surface area contributed by atoms with Crippen molar-refractivity contribution in [1.29, 1.82) is 0 Å². The average molecular weight is 992 g/mol. The molecule has 0 aliphatic carbocycles. The van der Waals surface area contributed by atoms with Gasteiger partial charge in [0.25, 0.3) is 11.8 Å². The smallest absolute Gasteiger partial charge is 0.254 e. The van der Waals surface area contributed by atoms with Gasteiger partial charge in [0, 0.05) is 39.5 Å². The molecular formula is C67H93NO5. The van der Waals surface area contributed by atoms with E-state index in [0.29, 0.717) is 16.7 Å². The molecule has 0 N–H and O–H groups in total. The second-order valence-corrected chi connectivity index (χ2v) is 25.5. The third-order valence-electron chi connectivity index (χ3n) is 10.6. The molecule has 0 saturated heterocycles. The number of hydrogen-bond acceptors (Lipinski definition) is 5. The van der Waals surface area contributed by atoms with Gasteiger partial charge < -0.3 is 4.74 Å². The molecule has 6 rings (SSSR count). The molecule has 73 heavy (non-hydrogen) atoms. The molecule has 2 heterocycles. The standard InChI is InChI=1S/C18H18.C14H16O.C8H11NO2.C8H14O.C7H12O.C6H12.C6H10/c1-18(2,3)17-15-10-6-4-8-13(15)12-14-9-5-7-11-16(14)17;1-10-5-6-11-7-8-12(14(2,3)4)9-13(11)15-10;1-8(2,3)9-6(10)4-5-7(9)11;1-6(2)7(9)8(3,4)5;1-5-6(8)7(2,3)4;2*1-5-6(2,3)4/h4-12H,1-3H3;5-9H,1H2,2-4H3;4-5H,1-3H3;1H2,2-5H3;5H,1H2,2-4H3;5H,1H2,2-4H3;1H,2-4H3. The Bertz CT molecular complexity index is 2610. The quantitative estimate of drug-likeness (QED) is 0.0657. The van der Waals surface area contributed by atoms with E-state index in [1.807, 2.05) is 101 Å². The van der Waals surface area contributed by atoms with Crippen LogP contribution in [0.2, 0.25) is 0 Å². The summed E-state index contributed by atoms with van der Waals surface area (Å²) in [5, 5.41) is 5.43. The molecule has 0 fully saturated rings. The van der Waals surface area contributed by atoms with E-state index < -0.39 is 5.54 Å². The fourth-order valence-electron chi connectivity index (χ4n) is 6.41. The molecule has 6 nitrogen and oxygen atoms in total. The molecule has 0 aromatic heterocycles. The van der Waals surface area contributed by atoms with Crippen LogP contribution in [0.5, 0.6) is 5.75 Å². The second-order valence-electron chi connectivity index (χ2n) is 25.5. The number of terminal acetylenes is 1. The maximum atomic E-state index is 11.1. The minimum Gasteiger partial charge on any atom is -0.457 e. The van der Waals surface area contributed by atoms with Crippen LogP contribution in [0.25, 0.3) is 27.6 Å². The summed E-state index contributed by atoms with van der Waals surface area (Å²) in [7, 11) is 0. The van der Waals surface area contributed by atoms with Gasteiger partial charge in [-0.1, -0.05) is 190 Å². The molecule has 4 aromatic rings. The molecule has 0 spiro atoms. The summed E-state index contributed by atoms with van der Waals surface area (Å²) >= 11 is 0. The van der Waals surface area contributed by atoms with Gasteiger partial charge in [-0.05, 0) is 133 Å². The molecule has 396 valence electrons. The van der Waals surface area contributed by atoms with Gasteiger partial charge in [0.05, 0.1) is 0 Å². The van der Waals surface area contributed by atoms with Crippen LogP contribution in [0.3, 0.4) is 0 Å². The van der Waals surface area contributed by atoms with Gasteiger partial charge in [-0.2, -0.15) is 0 Å². The number of nitrogens with zero attached hydrogens (tertiary/aromatic N) is 1.